The summed E-state index contributed by atoms with van der Waals surface area (Å²) >= 11 is 1.63. The van der Waals surface area contributed by atoms with E-state index in [9.17, 15) is 4.79 Å². The van der Waals surface area contributed by atoms with Crippen molar-refractivity contribution in [2.45, 2.75) is 18.7 Å². The van der Waals surface area contributed by atoms with E-state index in [1.807, 2.05) is 42.5 Å². The Morgan fingerprint density at radius 3 is 2.65 bits per heavy atom. The fourth-order valence-electron chi connectivity index (χ4n) is 2.03. The van der Waals surface area contributed by atoms with E-state index in [1.54, 1.807) is 11.8 Å². The number of likely N-dealkylation sites (N-methyl/N-ethyl adjacent to an activating group) is 1. The number of hydrogen-bond acceptors (Lipinski definition) is 4. The molecule has 20 heavy (non-hydrogen) atoms. The van der Waals surface area contributed by atoms with Crippen LogP contribution in [0.5, 0.6) is 0 Å². The molecule has 0 aliphatic rings. The molecule has 0 aliphatic heterocycles. The van der Waals surface area contributed by atoms with Crippen LogP contribution in [0.25, 0.3) is 0 Å². The van der Waals surface area contributed by atoms with E-state index in [0.29, 0.717) is 13.1 Å². The number of benzene rings is 1. The van der Waals surface area contributed by atoms with E-state index in [0.717, 1.165) is 17.1 Å². The number of anilines is 1. The fraction of sp³-hybridized carbons (Fsp3) is 0.533. The van der Waals surface area contributed by atoms with Gasteiger partial charge in [-0.3, -0.25) is 9.69 Å². The molecule has 0 saturated carbocycles. The number of rotatable bonds is 7. The van der Waals surface area contributed by atoms with Crippen molar-refractivity contribution in [1.29, 1.82) is 0 Å². The van der Waals surface area contributed by atoms with E-state index in [4.69, 9.17) is 5.73 Å². The van der Waals surface area contributed by atoms with Gasteiger partial charge in [0.15, 0.2) is 0 Å². The van der Waals surface area contributed by atoms with Crippen molar-refractivity contribution < 1.29 is 4.79 Å². The summed E-state index contributed by atoms with van der Waals surface area (Å²) < 4.78 is 0. The van der Waals surface area contributed by atoms with E-state index < -0.39 is 0 Å². The SMILES string of the molecule is CSc1ccccc1NC(=O)CN(C)CC(C)(C)CN. The largest absolute Gasteiger partial charge is 0.330 e. The van der Waals surface area contributed by atoms with Gasteiger partial charge in [0.2, 0.25) is 5.91 Å². The summed E-state index contributed by atoms with van der Waals surface area (Å²) in [4.78, 5) is 15.2. The summed E-state index contributed by atoms with van der Waals surface area (Å²) in [6.07, 6.45) is 2.00. The zero-order chi connectivity index (χ0) is 15.2. The first-order chi connectivity index (χ1) is 9.38. The smallest absolute Gasteiger partial charge is 0.238 e. The minimum Gasteiger partial charge on any atom is -0.330 e. The molecular formula is C15H25N3OS. The van der Waals surface area contributed by atoms with Crippen LogP contribution < -0.4 is 11.1 Å². The topological polar surface area (TPSA) is 58.4 Å². The Bertz CT molecular complexity index is 448. The van der Waals surface area contributed by atoms with Crippen molar-refractivity contribution >= 4 is 23.4 Å². The molecule has 1 rings (SSSR count). The molecule has 0 unspecified atom stereocenters. The average molecular weight is 295 g/mol. The molecule has 3 N–H and O–H groups in total. The molecule has 0 fully saturated rings. The molecule has 1 amide bonds. The monoisotopic (exact) mass is 295 g/mol. The molecular weight excluding hydrogens is 270 g/mol. The van der Waals surface area contributed by atoms with Crippen LogP contribution in [0.3, 0.4) is 0 Å². The van der Waals surface area contributed by atoms with Gasteiger partial charge in [-0.15, -0.1) is 11.8 Å². The molecule has 4 nitrogen and oxygen atoms in total. The summed E-state index contributed by atoms with van der Waals surface area (Å²) in [7, 11) is 1.94. The maximum atomic E-state index is 12.1. The van der Waals surface area contributed by atoms with Gasteiger partial charge in [-0.1, -0.05) is 26.0 Å². The Labute approximate surface area is 126 Å². The second kappa shape index (κ2) is 7.67. The van der Waals surface area contributed by atoms with Crippen LogP contribution in [0.15, 0.2) is 29.2 Å². The first kappa shape index (κ1) is 17.0. The van der Waals surface area contributed by atoms with Gasteiger partial charge in [-0.05, 0) is 37.4 Å². The van der Waals surface area contributed by atoms with Crippen LogP contribution in [-0.4, -0.2) is 43.7 Å². The Morgan fingerprint density at radius 2 is 2.05 bits per heavy atom. The highest BCUT2D eigenvalue weighted by Crippen LogP contribution is 2.24. The average Bonchev–Trinajstić information content (AvgIpc) is 2.38. The zero-order valence-electron chi connectivity index (χ0n) is 12.8. The highest BCUT2D eigenvalue weighted by atomic mass is 32.2. The molecule has 0 spiro atoms. The van der Waals surface area contributed by atoms with Crippen LogP contribution in [0, 0.1) is 5.41 Å². The van der Waals surface area contributed by atoms with Crippen LogP contribution in [0.1, 0.15) is 13.8 Å². The number of carbonyl (C=O) groups is 1. The number of para-hydroxylation sites is 1. The molecule has 5 heteroatoms. The van der Waals surface area contributed by atoms with Gasteiger partial charge < -0.3 is 11.1 Å². The lowest BCUT2D eigenvalue weighted by Gasteiger charge is -2.28. The molecule has 0 aromatic heterocycles. The Morgan fingerprint density at radius 1 is 1.40 bits per heavy atom. The van der Waals surface area contributed by atoms with Gasteiger partial charge in [0.1, 0.15) is 0 Å². The highest BCUT2D eigenvalue weighted by molar-refractivity contribution is 7.98. The second-order valence-corrected chi connectivity index (χ2v) is 6.64. The van der Waals surface area contributed by atoms with E-state index in [-0.39, 0.29) is 11.3 Å². The minimum absolute atomic E-state index is 0.00169. The minimum atomic E-state index is 0.00169. The molecule has 0 aliphatic carbocycles. The number of nitrogens with two attached hydrogens (primary N) is 1. The molecule has 1 aromatic rings. The first-order valence-corrected chi connectivity index (χ1v) is 7.92. The summed E-state index contributed by atoms with van der Waals surface area (Å²) in [5.41, 5.74) is 6.61. The van der Waals surface area contributed by atoms with E-state index >= 15 is 0 Å². The quantitative estimate of drug-likeness (QED) is 0.758. The predicted octanol–water partition coefficient (Wildman–Crippen LogP) is 2.26. The molecule has 0 saturated heterocycles. The van der Waals surface area contributed by atoms with Crippen molar-refractivity contribution in [3.63, 3.8) is 0 Å². The number of amides is 1. The van der Waals surface area contributed by atoms with Gasteiger partial charge in [-0.25, -0.2) is 0 Å². The van der Waals surface area contributed by atoms with Crippen LogP contribution in [-0.2, 0) is 4.79 Å². The van der Waals surface area contributed by atoms with Crippen molar-refractivity contribution in [1.82, 2.24) is 4.90 Å². The van der Waals surface area contributed by atoms with E-state index in [2.05, 4.69) is 19.2 Å². The first-order valence-electron chi connectivity index (χ1n) is 6.69. The summed E-state index contributed by atoms with van der Waals surface area (Å²) in [5, 5.41) is 2.96. The molecule has 0 heterocycles. The van der Waals surface area contributed by atoms with Gasteiger partial charge in [0, 0.05) is 11.4 Å². The van der Waals surface area contributed by atoms with Crippen molar-refractivity contribution in [3.05, 3.63) is 24.3 Å². The van der Waals surface area contributed by atoms with Gasteiger partial charge in [-0.2, -0.15) is 0 Å². The lowest BCUT2D eigenvalue weighted by Crippen LogP contribution is -2.40. The fourth-order valence-corrected chi connectivity index (χ4v) is 2.59. The number of nitrogens with one attached hydrogen (secondary N) is 1. The molecule has 0 bridgehead atoms. The Balaban J connectivity index is 2.55. The number of hydrogen-bond donors (Lipinski definition) is 2. The van der Waals surface area contributed by atoms with Gasteiger partial charge in [0.05, 0.1) is 12.2 Å². The number of nitrogens with zero attached hydrogens (tertiary/aromatic N) is 1. The summed E-state index contributed by atoms with van der Waals surface area (Å²) in [6, 6.07) is 7.82. The lowest BCUT2D eigenvalue weighted by molar-refractivity contribution is -0.117. The summed E-state index contributed by atoms with van der Waals surface area (Å²) in [6.45, 7) is 5.97. The molecule has 0 atom stereocenters. The highest BCUT2D eigenvalue weighted by Gasteiger charge is 2.19. The number of carbonyl (C=O) groups excluding carboxylic acids is 1. The van der Waals surface area contributed by atoms with Crippen LogP contribution >= 0.6 is 11.8 Å². The van der Waals surface area contributed by atoms with Gasteiger partial charge >= 0.3 is 0 Å². The lowest BCUT2D eigenvalue weighted by atomic mass is 9.93. The molecule has 112 valence electrons. The Hall–Kier alpha value is -1.04. The molecule has 0 radical (unpaired) electrons. The van der Waals surface area contributed by atoms with Crippen LogP contribution in [0.2, 0.25) is 0 Å². The molecule has 1 aromatic carbocycles. The second-order valence-electron chi connectivity index (χ2n) is 5.79. The maximum absolute atomic E-state index is 12.1. The van der Waals surface area contributed by atoms with Crippen LogP contribution in [0.4, 0.5) is 5.69 Å². The standard InChI is InChI=1S/C15H25N3OS/c1-15(2,10-16)11-18(3)9-14(19)17-12-7-5-6-8-13(12)20-4/h5-8H,9-11,16H2,1-4H3,(H,17,19). The van der Waals surface area contributed by atoms with Crippen molar-refractivity contribution in [2.75, 3.05) is 38.3 Å². The van der Waals surface area contributed by atoms with Crippen molar-refractivity contribution in [2.24, 2.45) is 11.1 Å². The third kappa shape index (κ3) is 5.53. The predicted molar refractivity (Wildman–Crippen MR) is 87.2 cm³/mol. The normalized spacial score (nSPS) is 11.7. The van der Waals surface area contributed by atoms with E-state index in [1.165, 1.54) is 0 Å². The third-order valence-electron chi connectivity index (χ3n) is 3.05. The number of thioether (sulfide) groups is 1. The Kier molecular flexibility index (Phi) is 6.52. The van der Waals surface area contributed by atoms with Gasteiger partial charge in [0.25, 0.3) is 0 Å². The third-order valence-corrected chi connectivity index (χ3v) is 3.84. The van der Waals surface area contributed by atoms with Crippen molar-refractivity contribution in [3.8, 4) is 0 Å². The zero-order valence-corrected chi connectivity index (χ0v) is 13.6. The summed E-state index contributed by atoms with van der Waals surface area (Å²) in [5.74, 6) is 0.00169. The maximum Gasteiger partial charge on any atom is 0.238 e.